The van der Waals surface area contributed by atoms with Gasteiger partial charge in [0.2, 0.25) is 11.8 Å². The van der Waals surface area contributed by atoms with E-state index in [1.807, 2.05) is 49.4 Å². The van der Waals surface area contributed by atoms with Crippen LogP contribution in [0.25, 0.3) is 0 Å². The molecule has 0 heterocycles. The Morgan fingerprint density at radius 3 is 2.50 bits per heavy atom. The molecule has 0 atom stereocenters. The zero-order valence-corrected chi connectivity index (χ0v) is 17.4. The number of benzene rings is 2. The summed E-state index contributed by atoms with van der Waals surface area (Å²) in [7, 11) is 1.63. The highest BCUT2D eigenvalue weighted by atomic mass is 16.5. The summed E-state index contributed by atoms with van der Waals surface area (Å²) >= 11 is 0. The molecule has 0 saturated carbocycles. The predicted octanol–water partition coefficient (Wildman–Crippen LogP) is 4.16. The van der Waals surface area contributed by atoms with Crippen LogP contribution >= 0.6 is 0 Å². The molecule has 0 radical (unpaired) electrons. The van der Waals surface area contributed by atoms with Crippen LogP contribution in [0.2, 0.25) is 0 Å². The van der Waals surface area contributed by atoms with Gasteiger partial charge in [-0.1, -0.05) is 44.2 Å². The Hall–Kier alpha value is -2.82. The number of aryl methyl sites for hydroxylation is 1. The average Bonchev–Trinajstić information content (AvgIpc) is 2.66. The van der Waals surface area contributed by atoms with Crippen molar-refractivity contribution < 1.29 is 14.3 Å². The van der Waals surface area contributed by atoms with Crippen LogP contribution in [0.1, 0.15) is 43.4 Å². The van der Waals surface area contributed by atoms with Gasteiger partial charge >= 0.3 is 0 Å². The lowest BCUT2D eigenvalue weighted by atomic mass is 9.98. The number of amides is 2. The molecule has 1 N–H and O–H groups in total. The van der Waals surface area contributed by atoms with Gasteiger partial charge in [0.1, 0.15) is 5.75 Å². The molecule has 2 rings (SSSR count). The Kier molecular flexibility index (Phi) is 7.61. The van der Waals surface area contributed by atoms with E-state index in [-0.39, 0.29) is 18.4 Å². The predicted molar refractivity (Wildman–Crippen MR) is 113 cm³/mol. The van der Waals surface area contributed by atoms with Gasteiger partial charge in [-0.3, -0.25) is 9.59 Å². The SMILES string of the molecule is COc1cccc(CCN(CC(=O)Nc2c(C)cccc2C(C)C)C(C)=O)c1. The molecule has 5 heteroatoms. The van der Waals surface area contributed by atoms with Crippen molar-refractivity contribution in [2.45, 2.75) is 40.0 Å². The molecular weight excluding hydrogens is 352 g/mol. The summed E-state index contributed by atoms with van der Waals surface area (Å²) in [5.74, 6) is 0.779. The first-order valence-corrected chi connectivity index (χ1v) is 9.59. The van der Waals surface area contributed by atoms with Gasteiger partial charge in [0, 0.05) is 19.2 Å². The van der Waals surface area contributed by atoms with Crippen LogP contribution in [0.3, 0.4) is 0 Å². The van der Waals surface area contributed by atoms with E-state index >= 15 is 0 Å². The Morgan fingerprint density at radius 2 is 1.86 bits per heavy atom. The second kappa shape index (κ2) is 9.93. The number of anilines is 1. The van der Waals surface area contributed by atoms with Crippen LogP contribution in [-0.4, -0.2) is 36.9 Å². The molecular formula is C23H30N2O3. The largest absolute Gasteiger partial charge is 0.497 e. The lowest BCUT2D eigenvalue weighted by Gasteiger charge is -2.22. The monoisotopic (exact) mass is 382 g/mol. The summed E-state index contributed by atoms with van der Waals surface area (Å²) in [6.07, 6.45) is 0.658. The quantitative estimate of drug-likeness (QED) is 0.746. The van der Waals surface area contributed by atoms with Gasteiger partial charge in [-0.15, -0.1) is 0 Å². The third kappa shape index (κ3) is 5.84. The highest BCUT2D eigenvalue weighted by Gasteiger charge is 2.17. The zero-order chi connectivity index (χ0) is 20.7. The topological polar surface area (TPSA) is 58.6 Å². The van der Waals surface area contributed by atoms with Crippen LogP contribution in [0.4, 0.5) is 5.69 Å². The summed E-state index contributed by atoms with van der Waals surface area (Å²) < 4.78 is 5.24. The second-order valence-electron chi connectivity index (χ2n) is 7.28. The molecule has 0 aliphatic rings. The van der Waals surface area contributed by atoms with E-state index in [4.69, 9.17) is 4.74 Å². The first kappa shape index (κ1) is 21.5. The molecule has 0 aliphatic carbocycles. The van der Waals surface area contributed by atoms with Gasteiger partial charge in [0.05, 0.1) is 13.7 Å². The summed E-state index contributed by atoms with van der Waals surface area (Å²) in [5.41, 5.74) is 4.02. The number of para-hydroxylation sites is 1. The molecule has 0 unspecified atom stereocenters. The number of hydrogen-bond donors (Lipinski definition) is 1. The maximum atomic E-state index is 12.6. The van der Waals surface area contributed by atoms with Crippen molar-refractivity contribution in [3.8, 4) is 5.75 Å². The van der Waals surface area contributed by atoms with Crippen LogP contribution in [0.15, 0.2) is 42.5 Å². The summed E-state index contributed by atoms with van der Waals surface area (Å²) in [6, 6.07) is 13.7. The maximum absolute atomic E-state index is 12.6. The molecule has 5 nitrogen and oxygen atoms in total. The van der Waals surface area contributed by atoms with Gasteiger partial charge in [-0.25, -0.2) is 0 Å². The highest BCUT2D eigenvalue weighted by molar-refractivity contribution is 5.95. The average molecular weight is 383 g/mol. The lowest BCUT2D eigenvalue weighted by molar-refractivity contribution is -0.132. The molecule has 150 valence electrons. The molecule has 0 bridgehead atoms. The Balaban J connectivity index is 2.04. The molecule has 0 aliphatic heterocycles. The van der Waals surface area contributed by atoms with Crippen molar-refractivity contribution >= 4 is 17.5 Å². The van der Waals surface area contributed by atoms with Crippen molar-refractivity contribution in [2.24, 2.45) is 0 Å². The van der Waals surface area contributed by atoms with Crippen LogP contribution in [0, 0.1) is 6.92 Å². The fraction of sp³-hybridized carbons (Fsp3) is 0.391. The van der Waals surface area contributed by atoms with E-state index in [0.717, 1.165) is 28.1 Å². The molecule has 0 fully saturated rings. The van der Waals surface area contributed by atoms with Gasteiger partial charge in [0.25, 0.3) is 0 Å². The Morgan fingerprint density at radius 1 is 1.14 bits per heavy atom. The number of carbonyl (C=O) groups is 2. The molecule has 2 amide bonds. The van der Waals surface area contributed by atoms with Crippen molar-refractivity contribution in [3.63, 3.8) is 0 Å². The van der Waals surface area contributed by atoms with E-state index in [9.17, 15) is 9.59 Å². The van der Waals surface area contributed by atoms with E-state index in [1.54, 1.807) is 12.0 Å². The van der Waals surface area contributed by atoms with E-state index < -0.39 is 0 Å². The van der Waals surface area contributed by atoms with E-state index in [0.29, 0.717) is 18.9 Å². The van der Waals surface area contributed by atoms with Gasteiger partial charge in [0.15, 0.2) is 0 Å². The number of nitrogens with zero attached hydrogens (tertiary/aromatic N) is 1. The van der Waals surface area contributed by atoms with Crippen LogP contribution < -0.4 is 10.1 Å². The van der Waals surface area contributed by atoms with Crippen molar-refractivity contribution in [1.82, 2.24) is 4.90 Å². The molecule has 2 aromatic rings. The van der Waals surface area contributed by atoms with Crippen LogP contribution in [0.5, 0.6) is 5.75 Å². The first-order valence-electron chi connectivity index (χ1n) is 9.59. The molecule has 0 saturated heterocycles. The summed E-state index contributed by atoms with van der Waals surface area (Å²) in [6.45, 7) is 8.17. The second-order valence-corrected chi connectivity index (χ2v) is 7.28. The van der Waals surface area contributed by atoms with Crippen LogP contribution in [-0.2, 0) is 16.0 Å². The lowest BCUT2D eigenvalue weighted by Crippen LogP contribution is -2.38. The summed E-state index contributed by atoms with van der Waals surface area (Å²) in [5, 5.41) is 3.01. The Labute approximate surface area is 167 Å². The van der Waals surface area contributed by atoms with E-state index in [2.05, 4.69) is 19.2 Å². The fourth-order valence-electron chi connectivity index (χ4n) is 3.13. The van der Waals surface area contributed by atoms with Gasteiger partial charge in [-0.05, 0) is 48.1 Å². The number of rotatable bonds is 8. The van der Waals surface area contributed by atoms with Crippen molar-refractivity contribution in [1.29, 1.82) is 0 Å². The minimum absolute atomic E-state index is 0.0329. The van der Waals surface area contributed by atoms with Gasteiger partial charge in [-0.2, -0.15) is 0 Å². The molecule has 28 heavy (non-hydrogen) atoms. The third-order valence-electron chi connectivity index (χ3n) is 4.78. The highest BCUT2D eigenvalue weighted by Crippen LogP contribution is 2.27. The maximum Gasteiger partial charge on any atom is 0.244 e. The van der Waals surface area contributed by atoms with E-state index in [1.165, 1.54) is 6.92 Å². The fourth-order valence-corrected chi connectivity index (χ4v) is 3.13. The van der Waals surface area contributed by atoms with Crippen molar-refractivity contribution in [3.05, 3.63) is 59.2 Å². The minimum atomic E-state index is -0.183. The Bertz CT molecular complexity index is 830. The normalized spacial score (nSPS) is 10.6. The number of carbonyl (C=O) groups excluding carboxylic acids is 2. The number of ether oxygens (including phenoxy) is 1. The molecule has 0 spiro atoms. The molecule has 0 aromatic heterocycles. The minimum Gasteiger partial charge on any atom is -0.497 e. The first-order chi connectivity index (χ1) is 13.3. The number of nitrogens with one attached hydrogen (secondary N) is 1. The smallest absolute Gasteiger partial charge is 0.244 e. The molecule has 2 aromatic carbocycles. The van der Waals surface area contributed by atoms with Gasteiger partial charge < -0.3 is 15.0 Å². The zero-order valence-electron chi connectivity index (χ0n) is 17.4. The third-order valence-corrected chi connectivity index (χ3v) is 4.78. The number of hydrogen-bond acceptors (Lipinski definition) is 3. The standard InChI is InChI=1S/C23H30N2O3/c1-16(2)21-11-6-8-17(3)23(21)24-22(27)15-25(18(4)26)13-12-19-9-7-10-20(14-19)28-5/h6-11,14,16H,12-13,15H2,1-5H3,(H,24,27). The number of methoxy groups -OCH3 is 1. The summed E-state index contributed by atoms with van der Waals surface area (Å²) in [4.78, 5) is 26.3. The van der Waals surface area contributed by atoms with Crippen molar-refractivity contribution in [2.75, 3.05) is 25.5 Å².